The molecule has 0 fully saturated rings. The van der Waals surface area contributed by atoms with Crippen molar-refractivity contribution in [2.45, 2.75) is 47.1 Å². The second-order valence-corrected chi connectivity index (χ2v) is 7.72. The Bertz CT molecular complexity index is 894. The van der Waals surface area contributed by atoms with Gasteiger partial charge in [0.1, 0.15) is 11.3 Å². The van der Waals surface area contributed by atoms with Crippen molar-refractivity contribution in [1.29, 1.82) is 0 Å². The van der Waals surface area contributed by atoms with Crippen molar-refractivity contribution in [3.8, 4) is 5.75 Å². The summed E-state index contributed by atoms with van der Waals surface area (Å²) in [4.78, 5) is 29.7. The molecule has 0 aliphatic rings. The lowest BCUT2D eigenvalue weighted by Gasteiger charge is -2.21. The van der Waals surface area contributed by atoms with E-state index in [1.165, 1.54) is 0 Å². The maximum atomic E-state index is 12.6. The number of fused-ring (bicyclic) bond motifs is 1. The lowest BCUT2D eigenvalue weighted by Crippen LogP contribution is -2.27. The van der Waals surface area contributed by atoms with Gasteiger partial charge in [-0.1, -0.05) is 0 Å². The van der Waals surface area contributed by atoms with Crippen molar-refractivity contribution in [3.05, 3.63) is 23.0 Å². The van der Waals surface area contributed by atoms with E-state index in [1.807, 2.05) is 0 Å². The largest absolute Gasteiger partial charge is 0.462 e. The van der Waals surface area contributed by atoms with Crippen LogP contribution < -0.4 is 4.74 Å². The highest BCUT2D eigenvalue weighted by Crippen LogP contribution is 2.35. The number of carbonyl (C=O) groups is 2. The molecule has 2 aromatic rings. The predicted molar refractivity (Wildman–Crippen MR) is 103 cm³/mol. The van der Waals surface area contributed by atoms with Crippen LogP contribution in [0.3, 0.4) is 0 Å². The van der Waals surface area contributed by atoms with Gasteiger partial charge in [0.05, 0.1) is 35.8 Å². The van der Waals surface area contributed by atoms with Crippen LogP contribution in [-0.4, -0.2) is 51.0 Å². The maximum Gasteiger partial charge on any atom is 0.338 e. The monoisotopic (exact) mass is 392 g/mol. The molecule has 0 amide bonds. The number of rotatable bonds is 6. The number of aryl methyl sites for hydroxylation is 2. The van der Waals surface area contributed by atoms with Crippen LogP contribution in [0, 0.1) is 12.3 Å². The molecule has 1 unspecified atom stereocenters. The average Bonchev–Trinajstić information content (AvgIpc) is 2.90. The minimum absolute atomic E-state index is 0.0943. The van der Waals surface area contributed by atoms with Crippen LogP contribution in [0.15, 0.2) is 6.07 Å². The number of imidazole rings is 1. The van der Waals surface area contributed by atoms with Crippen LogP contribution >= 0.6 is 0 Å². The van der Waals surface area contributed by atoms with Crippen LogP contribution in [-0.2, 0) is 23.0 Å². The second kappa shape index (κ2) is 8.28. The Kier molecular flexibility index (Phi) is 6.46. The highest BCUT2D eigenvalue weighted by Gasteiger charge is 2.30. The Labute approximate surface area is 164 Å². The number of hydrogen-bond donors (Lipinski definition) is 2. The average molecular weight is 392 g/mol. The predicted octanol–water partition coefficient (Wildman–Crippen LogP) is 1.91. The van der Waals surface area contributed by atoms with Crippen molar-refractivity contribution >= 4 is 23.0 Å². The molecule has 0 aliphatic carbocycles. The van der Waals surface area contributed by atoms with Gasteiger partial charge in [-0.3, -0.25) is 4.79 Å². The smallest absolute Gasteiger partial charge is 0.338 e. The van der Waals surface area contributed by atoms with Gasteiger partial charge in [0.25, 0.3) is 0 Å². The van der Waals surface area contributed by atoms with E-state index in [9.17, 15) is 19.8 Å². The summed E-state index contributed by atoms with van der Waals surface area (Å²) < 4.78 is 12.6. The molecule has 1 atom stereocenters. The normalized spacial score (nSPS) is 12.9. The Hall–Kier alpha value is -2.45. The van der Waals surface area contributed by atoms with E-state index in [2.05, 4.69) is 4.98 Å². The summed E-state index contributed by atoms with van der Waals surface area (Å²) in [5.41, 5.74) is 0.665. The molecule has 28 heavy (non-hydrogen) atoms. The number of hydrogen-bond acceptors (Lipinski definition) is 7. The van der Waals surface area contributed by atoms with Gasteiger partial charge in [-0.25, -0.2) is 9.78 Å². The van der Waals surface area contributed by atoms with Crippen molar-refractivity contribution in [3.63, 3.8) is 0 Å². The van der Waals surface area contributed by atoms with E-state index in [4.69, 9.17) is 9.47 Å². The highest BCUT2D eigenvalue weighted by atomic mass is 16.5. The Morgan fingerprint density at radius 3 is 2.50 bits per heavy atom. The van der Waals surface area contributed by atoms with E-state index >= 15 is 0 Å². The summed E-state index contributed by atoms with van der Waals surface area (Å²) in [7, 11) is 1.79. The molecule has 0 spiro atoms. The molecule has 0 radical (unpaired) electrons. The van der Waals surface area contributed by atoms with Crippen molar-refractivity contribution in [1.82, 2.24) is 9.55 Å². The van der Waals surface area contributed by atoms with Gasteiger partial charge < -0.3 is 24.3 Å². The van der Waals surface area contributed by atoms with Crippen LogP contribution in [0.1, 0.15) is 49.4 Å². The zero-order valence-corrected chi connectivity index (χ0v) is 17.2. The first-order valence-corrected chi connectivity index (χ1v) is 9.18. The SMILES string of the molecule is CCOC(=O)c1cc2c(nc(C)n2C)c(OC(=O)C(C)(C)C)c1CC(O)CO. The zero-order chi connectivity index (χ0) is 21.2. The lowest BCUT2D eigenvalue weighted by molar-refractivity contribution is -0.143. The van der Waals surface area contributed by atoms with Gasteiger partial charge >= 0.3 is 11.9 Å². The Morgan fingerprint density at radius 2 is 1.96 bits per heavy atom. The first kappa shape index (κ1) is 21.8. The van der Waals surface area contributed by atoms with Crippen molar-refractivity contribution in [2.75, 3.05) is 13.2 Å². The lowest BCUT2D eigenvalue weighted by atomic mass is 9.96. The fraction of sp³-hybridized carbons (Fsp3) is 0.550. The van der Waals surface area contributed by atoms with Crippen LogP contribution in [0.5, 0.6) is 5.75 Å². The molecule has 8 nitrogen and oxygen atoms in total. The molecule has 1 heterocycles. The van der Waals surface area contributed by atoms with Gasteiger partial charge in [0.2, 0.25) is 0 Å². The summed E-state index contributed by atoms with van der Waals surface area (Å²) >= 11 is 0. The number of esters is 2. The summed E-state index contributed by atoms with van der Waals surface area (Å²) in [6.07, 6.45) is -1.23. The first-order chi connectivity index (χ1) is 13.0. The molecule has 8 heteroatoms. The van der Waals surface area contributed by atoms with Crippen LogP contribution in [0.25, 0.3) is 11.0 Å². The van der Waals surface area contributed by atoms with Gasteiger partial charge in [-0.2, -0.15) is 0 Å². The summed E-state index contributed by atoms with van der Waals surface area (Å²) in [5, 5.41) is 19.3. The molecule has 0 saturated heterocycles. The third kappa shape index (κ3) is 4.34. The third-order valence-corrected chi connectivity index (χ3v) is 4.41. The van der Waals surface area contributed by atoms with Crippen molar-refractivity contribution < 1.29 is 29.3 Å². The molecular formula is C20H28N2O6. The molecule has 0 bridgehead atoms. The number of nitrogens with zero attached hydrogens (tertiary/aromatic N) is 2. The molecule has 1 aromatic carbocycles. The number of aliphatic hydroxyl groups is 2. The van der Waals surface area contributed by atoms with Gasteiger partial charge in [-0.05, 0) is 40.7 Å². The molecule has 154 valence electrons. The van der Waals surface area contributed by atoms with E-state index < -0.39 is 30.1 Å². The van der Waals surface area contributed by atoms with Gasteiger partial charge in [0.15, 0.2) is 5.75 Å². The summed E-state index contributed by atoms with van der Waals surface area (Å²) in [5.74, 6) is -0.330. The molecule has 0 aliphatic heterocycles. The fourth-order valence-electron chi connectivity index (χ4n) is 2.70. The second-order valence-electron chi connectivity index (χ2n) is 7.72. The van der Waals surface area contributed by atoms with E-state index in [-0.39, 0.29) is 29.9 Å². The highest BCUT2D eigenvalue weighted by molar-refractivity contribution is 5.99. The number of carbonyl (C=O) groups excluding carboxylic acids is 2. The molecule has 0 saturated carbocycles. The standard InChI is InChI=1S/C20H28N2O6/c1-7-27-18(25)14-9-15-16(21-11(2)22(15)6)17(13(14)8-12(24)10-23)28-19(26)20(3,4)5/h9,12,23-24H,7-8,10H2,1-6H3. The number of aliphatic hydroxyl groups excluding tert-OH is 2. The minimum atomic E-state index is -1.14. The molecule has 2 N–H and O–H groups in total. The Morgan fingerprint density at radius 1 is 1.32 bits per heavy atom. The Balaban J connectivity index is 2.81. The topological polar surface area (TPSA) is 111 Å². The summed E-state index contributed by atoms with van der Waals surface area (Å²) in [6, 6.07) is 1.61. The van der Waals surface area contributed by atoms with Crippen LogP contribution in [0.2, 0.25) is 0 Å². The summed E-state index contributed by atoms with van der Waals surface area (Å²) in [6.45, 7) is 8.29. The number of benzene rings is 1. The fourth-order valence-corrected chi connectivity index (χ4v) is 2.70. The van der Waals surface area contributed by atoms with E-state index in [0.717, 1.165) is 0 Å². The first-order valence-electron chi connectivity index (χ1n) is 9.18. The number of aromatic nitrogens is 2. The van der Waals surface area contributed by atoms with Gasteiger partial charge in [0, 0.05) is 19.0 Å². The maximum absolute atomic E-state index is 12.6. The molecular weight excluding hydrogens is 364 g/mol. The molecule has 1 aromatic heterocycles. The number of ether oxygens (including phenoxy) is 2. The van der Waals surface area contributed by atoms with Gasteiger partial charge in [-0.15, -0.1) is 0 Å². The zero-order valence-electron chi connectivity index (χ0n) is 17.2. The minimum Gasteiger partial charge on any atom is -0.462 e. The van der Waals surface area contributed by atoms with E-state index in [1.54, 1.807) is 52.3 Å². The quantitative estimate of drug-likeness (QED) is 0.570. The third-order valence-electron chi connectivity index (χ3n) is 4.41. The molecule has 2 rings (SSSR count). The van der Waals surface area contributed by atoms with Crippen molar-refractivity contribution in [2.24, 2.45) is 12.5 Å². The van der Waals surface area contributed by atoms with E-state index in [0.29, 0.717) is 16.9 Å². The van der Waals surface area contributed by atoms with Crippen LogP contribution in [0.4, 0.5) is 0 Å².